The largest absolute Gasteiger partial charge is 0.337 e. The lowest BCUT2D eigenvalue weighted by Gasteiger charge is -2.26. The topological polar surface area (TPSA) is 91.8 Å². The summed E-state index contributed by atoms with van der Waals surface area (Å²) in [4.78, 5) is 41.3. The molecule has 2 heterocycles. The zero-order valence-corrected chi connectivity index (χ0v) is 17.0. The molecule has 3 amide bonds. The molecule has 0 saturated carbocycles. The number of nitrogens with zero attached hydrogens (tertiary/aromatic N) is 2. The summed E-state index contributed by atoms with van der Waals surface area (Å²) in [5.41, 5.74) is 2.98. The minimum absolute atomic E-state index is 0.0679. The molecule has 2 aliphatic heterocycles. The first-order valence-corrected chi connectivity index (χ1v) is 11.1. The van der Waals surface area contributed by atoms with Gasteiger partial charge in [-0.3, -0.25) is 14.4 Å². The predicted molar refractivity (Wildman–Crippen MR) is 108 cm³/mol. The maximum absolute atomic E-state index is 13.0. The number of carbonyl (C=O) groups is 3. The van der Waals surface area contributed by atoms with E-state index in [9.17, 15) is 22.8 Å². The second-order valence-corrected chi connectivity index (χ2v) is 9.74. The molecular weight excluding hydrogens is 392 g/mol. The fourth-order valence-corrected chi connectivity index (χ4v) is 4.85. The SMILES string of the molecule is Cc1ccc(C)c(N2C(=O)c3ccc(C(=O)N4CCS(=O)(=O)CC4)cc3C2=O)c1. The van der Waals surface area contributed by atoms with Gasteiger partial charge in [0, 0.05) is 18.7 Å². The van der Waals surface area contributed by atoms with Crippen molar-refractivity contribution in [2.75, 3.05) is 29.5 Å². The van der Waals surface area contributed by atoms with Gasteiger partial charge < -0.3 is 4.90 Å². The van der Waals surface area contributed by atoms with Gasteiger partial charge in [0.1, 0.15) is 0 Å². The molecule has 0 radical (unpaired) electrons. The second-order valence-electron chi connectivity index (χ2n) is 7.44. The van der Waals surface area contributed by atoms with E-state index in [-0.39, 0.29) is 47.2 Å². The molecule has 8 heteroatoms. The Bertz CT molecular complexity index is 1160. The molecule has 29 heavy (non-hydrogen) atoms. The number of benzene rings is 2. The fourth-order valence-electron chi connectivity index (χ4n) is 3.65. The standard InChI is InChI=1S/C21H20N2O5S/c1-13-3-4-14(2)18(11-13)23-20(25)16-6-5-15(12-17(16)21(23)26)19(24)22-7-9-29(27,28)10-8-22/h3-6,11-12H,7-10H2,1-2H3. The Kier molecular flexibility index (Phi) is 4.53. The van der Waals surface area contributed by atoms with Gasteiger partial charge in [0.05, 0.1) is 28.3 Å². The molecule has 0 spiro atoms. The van der Waals surface area contributed by atoms with Crippen LogP contribution in [-0.4, -0.2) is 55.6 Å². The molecule has 1 saturated heterocycles. The van der Waals surface area contributed by atoms with E-state index in [1.807, 2.05) is 26.0 Å². The van der Waals surface area contributed by atoms with Crippen LogP contribution in [0.25, 0.3) is 0 Å². The van der Waals surface area contributed by atoms with Crippen LogP contribution in [0.15, 0.2) is 36.4 Å². The van der Waals surface area contributed by atoms with Gasteiger partial charge >= 0.3 is 0 Å². The molecule has 4 rings (SSSR count). The van der Waals surface area contributed by atoms with Gasteiger partial charge in [0.15, 0.2) is 9.84 Å². The molecule has 0 atom stereocenters. The average molecular weight is 412 g/mol. The van der Waals surface area contributed by atoms with E-state index in [0.29, 0.717) is 5.69 Å². The van der Waals surface area contributed by atoms with Crippen molar-refractivity contribution in [3.8, 4) is 0 Å². The lowest BCUT2D eigenvalue weighted by Crippen LogP contribution is -2.43. The van der Waals surface area contributed by atoms with Crippen LogP contribution in [0.2, 0.25) is 0 Å². The van der Waals surface area contributed by atoms with Crippen LogP contribution in [0.4, 0.5) is 5.69 Å². The van der Waals surface area contributed by atoms with Crippen LogP contribution in [0, 0.1) is 13.8 Å². The Morgan fingerprint density at radius 2 is 1.55 bits per heavy atom. The van der Waals surface area contributed by atoms with Crippen LogP contribution in [0.3, 0.4) is 0 Å². The number of amides is 3. The van der Waals surface area contributed by atoms with Crippen molar-refractivity contribution in [2.24, 2.45) is 0 Å². The van der Waals surface area contributed by atoms with Crippen molar-refractivity contribution in [1.29, 1.82) is 0 Å². The Morgan fingerprint density at radius 1 is 0.897 bits per heavy atom. The first-order valence-electron chi connectivity index (χ1n) is 9.28. The number of aryl methyl sites for hydroxylation is 2. The van der Waals surface area contributed by atoms with Crippen molar-refractivity contribution >= 4 is 33.2 Å². The van der Waals surface area contributed by atoms with Crippen LogP contribution >= 0.6 is 0 Å². The maximum atomic E-state index is 13.0. The van der Waals surface area contributed by atoms with Gasteiger partial charge in [0.25, 0.3) is 17.7 Å². The number of imide groups is 1. The molecule has 7 nitrogen and oxygen atoms in total. The van der Waals surface area contributed by atoms with Gasteiger partial charge in [-0.1, -0.05) is 12.1 Å². The van der Waals surface area contributed by atoms with Crippen molar-refractivity contribution in [1.82, 2.24) is 4.90 Å². The molecule has 2 aromatic rings. The lowest BCUT2D eigenvalue weighted by molar-refractivity contribution is 0.0769. The first-order chi connectivity index (χ1) is 13.7. The number of hydrogen-bond acceptors (Lipinski definition) is 5. The van der Waals surface area contributed by atoms with E-state index >= 15 is 0 Å². The summed E-state index contributed by atoms with van der Waals surface area (Å²) in [6.45, 7) is 3.97. The summed E-state index contributed by atoms with van der Waals surface area (Å²) >= 11 is 0. The Morgan fingerprint density at radius 3 is 2.24 bits per heavy atom. The van der Waals surface area contributed by atoms with Crippen molar-refractivity contribution in [2.45, 2.75) is 13.8 Å². The quantitative estimate of drug-likeness (QED) is 0.704. The minimum atomic E-state index is -3.10. The molecule has 1 fully saturated rings. The summed E-state index contributed by atoms with van der Waals surface area (Å²) < 4.78 is 23.2. The summed E-state index contributed by atoms with van der Waals surface area (Å²) in [6.07, 6.45) is 0. The zero-order valence-electron chi connectivity index (χ0n) is 16.1. The molecular formula is C21H20N2O5S. The van der Waals surface area contributed by atoms with E-state index in [1.54, 1.807) is 6.07 Å². The normalized spacial score (nSPS) is 18.1. The molecule has 2 aromatic carbocycles. The number of sulfone groups is 1. The second kappa shape index (κ2) is 6.81. The highest BCUT2D eigenvalue weighted by molar-refractivity contribution is 7.91. The number of carbonyl (C=O) groups excluding carboxylic acids is 3. The van der Waals surface area contributed by atoms with E-state index in [1.165, 1.54) is 23.1 Å². The van der Waals surface area contributed by atoms with E-state index in [2.05, 4.69) is 0 Å². The minimum Gasteiger partial charge on any atom is -0.337 e. The van der Waals surface area contributed by atoms with Crippen molar-refractivity contribution in [3.05, 3.63) is 64.2 Å². The third-order valence-electron chi connectivity index (χ3n) is 5.37. The van der Waals surface area contributed by atoms with E-state index in [4.69, 9.17) is 0 Å². The number of anilines is 1. The fraction of sp³-hybridized carbons (Fsp3) is 0.286. The average Bonchev–Trinajstić information content (AvgIpc) is 2.93. The zero-order chi connectivity index (χ0) is 20.9. The first kappa shape index (κ1) is 19.3. The third-order valence-corrected chi connectivity index (χ3v) is 6.98. The predicted octanol–water partition coefficient (Wildman–Crippen LogP) is 1.97. The molecule has 0 aromatic heterocycles. The highest BCUT2D eigenvalue weighted by Gasteiger charge is 2.38. The maximum Gasteiger partial charge on any atom is 0.266 e. The number of hydrogen-bond donors (Lipinski definition) is 0. The summed E-state index contributed by atoms with van der Waals surface area (Å²) in [7, 11) is -3.10. The van der Waals surface area contributed by atoms with E-state index < -0.39 is 21.7 Å². The Labute approximate surface area is 168 Å². The van der Waals surface area contributed by atoms with E-state index in [0.717, 1.165) is 16.0 Å². The summed E-state index contributed by atoms with van der Waals surface area (Å²) in [5, 5.41) is 0. The highest BCUT2D eigenvalue weighted by Crippen LogP contribution is 2.32. The Balaban J connectivity index is 1.65. The van der Waals surface area contributed by atoms with Crippen LogP contribution in [0.1, 0.15) is 42.2 Å². The van der Waals surface area contributed by atoms with Crippen molar-refractivity contribution in [3.63, 3.8) is 0 Å². The Hall–Kier alpha value is -3.00. The number of rotatable bonds is 2. The summed E-state index contributed by atoms with van der Waals surface area (Å²) in [6, 6.07) is 10.0. The molecule has 0 unspecified atom stereocenters. The summed E-state index contributed by atoms with van der Waals surface area (Å²) in [5.74, 6) is -1.35. The third kappa shape index (κ3) is 3.33. The van der Waals surface area contributed by atoms with Gasteiger partial charge in [-0.05, 0) is 49.2 Å². The van der Waals surface area contributed by atoms with Gasteiger partial charge in [-0.15, -0.1) is 0 Å². The highest BCUT2D eigenvalue weighted by atomic mass is 32.2. The van der Waals surface area contributed by atoms with Crippen LogP contribution in [-0.2, 0) is 9.84 Å². The van der Waals surface area contributed by atoms with Crippen LogP contribution in [0.5, 0.6) is 0 Å². The molecule has 0 N–H and O–H groups in total. The smallest absolute Gasteiger partial charge is 0.266 e. The van der Waals surface area contributed by atoms with Crippen molar-refractivity contribution < 1.29 is 22.8 Å². The molecule has 0 bridgehead atoms. The number of fused-ring (bicyclic) bond motifs is 1. The molecule has 150 valence electrons. The molecule has 2 aliphatic rings. The van der Waals surface area contributed by atoms with Crippen LogP contribution < -0.4 is 4.90 Å². The van der Waals surface area contributed by atoms with Gasteiger partial charge in [0.2, 0.25) is 0 Å². The van der Waals surface area contributed by atoms with Gasteiger partial charge in [-0.25, -0.2) is 13.3 Å². The monoisotopic (exact) mass is 412 g/mol. The van der Waals surface area contributed by atoms with Gasteiger partial charge in [-0.2, -0.15) is 0 Å². The lowest BCUT2D eigenvalue weighted by atomic mass is 10.0. The molecule has 0 aliphatic carbocycles.